The van der Waals surface area contributed by atoms with E-state index in [2.05, 4.69) is 21.2 Å². The van der Waals surface area contributed by atoms with Crippen molar-refractivity contribution in [3.8, 4) is 0 Å². The van der Waals surface area contributed by atoms with E-state index in [-0.39, 0.29) is 23.7 Å². The molecule has 1 aromatic rings. The van der Waals surface area contributed by atoms with E-state index in [9.17, 15) is 14.4 Å². The topological polar surface area (TPSA) is 75.7 Å². The number of hydrogen-bond donors (Lipinski definition) is 1. The first-order valence-electron chi connectivity index (χ1n) is 7.86. The predicted molar refractivity (Wildman–Crippen MR) is 92.4 cm³/mol. The van der Waals surface area contributed by atoms with Gasteiger partial charge in [-0.25, -0.2) is 0 Å². The van der Waals surface area contributed by atoms with Gasteiger partial charge in [-0.1, -0.05) is 12.1 Å². The van der Waals surface area contributed by atoms with Crippen molar-refractivity contribution < 1.29 is 19.1 Å². The summed E-state index contributed by atoms with van der Waals surface area (Å²) in [6.07, 6.45) is 1.17. The fraction of sp³-hybridized carbons (Fsp3) is 0.471. The monoisotopic (exact) mass is 396 g/mol. The number of hydrogen-bond acceptors (Lipinski definition) is 4. The lowest BCUT2D eigenvalue weighted by atomic mass is 9.96. The second kappa shape index (κ2) is 8.28. The molecule has 1 fully saturated rings. The molecule has 0 radical (unpaired) electrons. The van der Waals surface area contributed by atoms with Crippen molar-refractivity contribution in [2.45, 2.75) is 25.8 Å². The summed E-state index contributed by atoms with van der Waals surface area (Å²) < 4.78 is 5.42. The summed E-state index contributed by atoms with van der Waals surface area (Å²) in [5, 5.41) is 2.73. The van der Waals surface area contributed by atoms with Crippen molar-refractivity contribution in [3.63, 3.8) is 0 Å². The molecule has 0 saturated carbocycles. The van der Waals surface area contributed by atoms with Crippen molar-refractivity contribution >= 4 is 33.7 Å². The molecule has 0 bridgehead atoms. The van der Waals surface area contributed by atoms with Crippen molar-refractivity contribution in [1.29, 1.82) is 0 Å². The summed E-state index contributed by atoms with van der Waals surface area (Å²) in [5.74, 6) is -0.812. The van der Waals surface area contributed by atoms with E-state index >= 15 is 0 Å². The van der Waals surface area contributed by atoms with Gasteiger partial charge < -0.3 is 15.0 Å². The van der Waals surface area contributed by atoms with Crippen LogP contribution < -0.4 is 5.32 Å². The first kappa shape index (κ1) is 18.4. The van der Waals surface area contributed by atoms with Crippen LogP contribution in [0, 0.1) is 5.92 Å². The number of halogens is 1. The molecule has 24 heavy (non-hydrogen) atoms. The molecule has 1 aliphatic rings. The van der Waals surface area contributed by atoms with Crippen LogP contribution in [0.2, 0.25) is 0 Å². The molecule has 1 aromatic carbocycles. The highest BCUT2D eigenvalue weighted by molar-refractivity contribution is 9.10. The maximum atomic E-state index is 12.5. The highest BCUT2D eigenvalue weighted by Gasteiger charge is 2.30. The average molecular weight is 397 g/mol. The number of benzene rings is 1. The molecule has 1 aliphatic heterocycles. The number of nitrogens with one attached hydrogen (secondary N) is 1. The molecule has 2 amide bonds. The number of carbonyl (C=O) groups excluding carboxylic acids is 3. The summed E-state index contributed by atoms with van der Waals surface area (Å²) in [6.45, 7) is 2.66. The Balaban J connectivity index is 1.90. The Hall–Kier alpha value is -1.89. The number of carbonyl (C=O) groups is 3. The van der Waals surface area contributed by atoms with E-state index in [0.29, 0.717) is 36.0 Å². The predicted octanol–water partition coefficient (Wildman–Crippen LogP) is 1.98. The number of methoxy groups -OCH3 is 1. The molecule has 0 aliphatic carbocycles. The Bertz CT molecular complexity index is 627. The third-order valence-corrected chi connectivity index (χ3v) is 4.87. The Labute approximate surface area is 149 Å². The van der Waals surface area contributed by atoms with Crippen molar-refractivity contribution in [1.82, 2.24) is 10.2 Å². The molecule has 1 atom stereocenters. The molecular weight excluding hydrogens is 376 g/mol. The van der Waals surface area contributed by atoms with Gasteiger partial charge in [-0.3, -0.25) is 14.4 Å². The van der Waals surface area contributed by atoms with E-state index in [1.54, 1.807) is 30.0 Å². The second-order valence-corrected chi connectivity index (χ2v) is 6.65. The molecule has 1 unspecified atom stereocenters. The molecule has 7 heteroatoms. The number of rotatable bonds is 4. The maximum Gasteiger partial charge on any atom is 0.308 e. The van der Waals surface area contributed by atoms with Gasteiger partial charge in [-0.15, -0.1) is 0 Å². The van der Waals surface area contributed by atoms with Crippen molar-refractivity contribution in [3.05, 3.63) is 34.3 Å². The highest BCUT2D eigenvalue weighted by atomic mass is 79.9. The van der Waals surface area contributed by atoms with Gasteiger partial charge in [0.05, 0.1) is 18.6 Å². The van der Waals surface area contributed by atoms with E-state index in [1.807, 2.05) is 6.07 Å². The lowest BCUT2D eigenvalue weighted by Crippen LogP contribution is -2.50. The molecule has 0 aromatic heterocycles. The summed E-state index contributed by atoms with van der Waals surface area (Å²) in [7, 11) is 1.37. The molecule has 130 valence electrons. The van der Waals surface area contributed by atoms with Gasteiger partial charge >= 0.3 is 5.97 Å². The molecule has 6 nitrogen and oxygen atoms in total. The Morgan fingerprint density at radius 3 is 2.46 bits per heavy atom. The third kappa shape index (κ3) is 4.35. The largest absolute Gasteiger partial charge is 0.469 e. The smallest absolute Gasteiger partial charge is 0.308 e. The Morgan fingerprint density at radius 1 is 1.25 bits per heavy atom. The van der Waals surface area contributed by atoms with Gasteiger partial charge in [0.1, 0.15) is 6.04 Å². The van der Waals surface area contributed by atoms with Crippen LogP contribution in [0.3, 0.4) is 0 Å². The van der Waals surface area contributed by atoms with Crippen molar-refractivity contribution in [2.24, 2.45) is 5.92 Å². The normalized spacial score (nSPS) is 16.4. The fourth-order valence-corrected chi connectivity index (χ4v) is 3.22. The summed E-state index contributed by atoms with van der Waals surface area (Å²) >= 11 is 3.33. The van der Waals surface area contributed by atoms with Crippen LogP contribution in [0.15, 0.2) is 28.7 Å². The van der Waals surface area contributed by atoms with Crippen LogP contribution in [0.1, 0.15) is 30.1 Å². The van der Waals surface area contributed by atoms with Gasteiger partial charge in [0, 0.05) is 17.6 Å². The molecule has 1 heterocycles. The van der Waals surface area contributed by atoms with Crippen LogP contribution in [-0.4, -0.2) is 48.9 Å². The van der Waals surface area contributed by atoms with Gasteiger partial charge in [0.2, 0.25) is 5.91 Å². The summed E-state index contributed by atoms with van der Waals surface area (Å²) in [5.41, 5.74) is 0.488. The minimum atomic E-state index is -0.626. The molecule has 1 N–H and O–H groups in total. The highest BCUT2D eigenvalue weighted by Crippen LogP contribution is 2.19. The van der Waals surface area contributed by atoms with Crippen LogP contribution >= 0.6 is 15.9 Å². The lowest BCUT2D eigenvalue weighted by molar-refractivity contribution is -0.149. The zero-order valence-electron chi connectivity index (χ0n) is 13.8. The number of likely N-dealkylation sites (tertiary alicyclic amines) is 1. The van der Waals surface area contributed by atoms with Gasteiger partial charge in [-0.2, -0.15) is 0 Å². The van der Waals surface area contributed by atoms with E-state index in [0.717, 1.165) is 0 Å². The SMILES string of the molecule is COC(=O)C1CCN(C(=O)C(C)NC(=O)c2ccccc2Br)CC1. The van der Waals surface area contributed by atoms with Crippen molar-refractivity contribution in [2.75, 3.05) is 20.2 Å². The average Bonchev–Trinajstić information content (AvgIpc) is 2.60. The molecule has 2 rings (SSSR count). The van der Waals surface area contributed by atoms with E-state index < -0.39 is 6.04 Å². The summed E-state index contributed by atoms with van der Waals surface area (Å²) in [6, 6.07) is 6.43. The van der Waals surface area contributed by atoms with Crippen LogP contribution in [0.5, 0.6) is 0 Å². The lowest BCUT2D eigenvalue weighted by Gasteiger charge is -2.32. The third-order valence-electron chi connectivity index (χ3n) is 4.18. The van der Waals surface area contributed by atoms with Gasteiger partial charge in [-0.05, 0) is 47.8 Å². The second-order valence-electron chi connectivity index (χ2n) is 5.80. The zero-order valence-corrected chi connectivity index (χ0v) is 15.3. The van der Waals surface area contributed by atoms with Crippen LogP contribution in [0.25, 0.3) is 0 Å². The Kier molecular flexibility index (Phi) is 6.36. The van der Waals surface area contributed by atoms with Crippen LogP contribution in [0.4, 0.5) is 0 Å². The van der Waals surface area contributed by atoms with Crippen LogP contribution in [-0.2, 0) is 14.3 Å². The first-order valence-corrected chi connectivity index (χ1v) is 8.65. The Morgan fingerprint density at radius 2 is 1.88 bits per heavy atom. The summed E-state index contributed by atoms with van der Waals surface area (Å²) in [4.78, 5) is 38.0. The number of ether oxygens (including phenoxy) is 1. The van der Waals surface area contributed by atoms with Gasteiger partial charge in [0.15, 0.2) is 0 Å². The number of nitrogens with zero attached hydrogens (tertiary/aromatic N) is 1. The van der Waals surface area contributed by atoms with E-state index in [1.165, 1.54) is 7.11 Å². The van der Waals surface area contributed by atoms with Gasteiger partial charge in [0.25, 0.3) is 5.91 Å². The minimum Gasteiger partial charge on any atom is -0.469 e. The molecule has 1 saturated heterocycles. The quantitative estimate of drug-likeness (QED) is 0.789. The number of esters is 1. The number of amides is 2. The molecule has 0 spiro atoms. The number of piperidine rings is 1. The minimum absolute atomic E-state index is 0.140. The zero-order chi connectivity index (χ0) is 17.7. The maximum absolute atomic E-state index is 12.5. The van der Waals surface area contributed by atoms with E-state index in [4.69, 9.17) is 4.74 Å². The molecular formula is C17H21BrN2O4. The standard InChI is InChI=1S/C17H21BrN2O4/c1-11(19-15(21)13-5-3-4-6-14(13)18)16(22)20-9-7-12(8-10-20)17(23)24-2/h3-6,11-12H,7-10H2,1-2H3,(H,19,21). The first-order chi connectivity index (χ1) is 11.4. The fourth-order valence-electron chi connectivity index (χ4n) is 2.76.